The molecule has 2 amide bonds. The molecule has 0 spiro atoms. The molecular formula is C14H26N2O4. The lowest BCUT2D eigenvalue weighted by atomic mass is 9.94. The van der Waals surface area contributed by atoms with Crippen LogP contribution in [0.4, 0.5) is 9.59 Å². The zero-order chi connectivity index (χ0) is 14.8. The van der Waals surface area contributed by atoms with Crippen LogP contribution < -0.4 is 5.48 Å². The second-order valence-electron chi connectivity index (χ2n) is 5.03. The third-order valence-corrected chi connectivity index (χ3v) is 3.50. The molecule has 0 saturated heterocycles. The van der Waals surface area contributed by atoms with Crippen molar-refractivity contribution in [2.75, 3.05) is 13.2 Å². The van der Waals surface area contributed by atoms with Crippen molar-refractivity contribution in [2.45, 2.75) is 64.8 Å². The van der Waals surface area contributed by atoms with E-state index in [1.807, 2.05) is 5.48 Å². The first-order valence-electron chi connectivity index (χ1n) is 7.59. The number of carbonyl (C=O) groups excluding carboxylic acids is 2. The van der Waals surface area contributed by atoms with Crippen LogP contribution in [0.25, 0.3) is 0 Å². The van der Waals surface area contributed by atoms with Crippen molar-refractivity contribution in [1.29, 1.82) is 0 Å². The molecule has 1 N–H and O–H groups in total. The Balaban J connectivity index is 2.48. The van der Waals surface area contributed by atoms with Gasteiger partial charge in [0.1, 0.15) is 0 Å². The van der Waals surface area contributed by atoms with Gasteiger partial charge in [0.05, 0.1) is 6.61 Å². The third kappa shape index (κ3) is 5.67. The van der Waals surface area contributed by atoms with E-state index >= 15 is 0 Å². The molecule has 1 fully saturated rings. The number of carbonyl (C=O) groups is 2. The van der Waals surface area contributed by atoms with Gasteiger partial charge in [-0.25, -0.2) is 9.59 Å². The molecule has 6 heteroatoms. The van der Waals surface area contributed by atoms with Crippen molar-refractivity contribution < 1.29 is 19.2 Å². The van der Waals surface area contributed by atoms with E-state index in [0.717, 1.165) is 38.5 Å². The summed E-state index contributed by atoms with van der Waals surface area (Å²) in [5, 5.41) is 0. The maximum absolute atomic E-state index is 12.1. The smallest absolute Gasteiger partial charge is 0.440 e. The number of hydrogen-bond donors (Lipinski definition) is 1. The minimum absolute atomic E-state index is 0.229. The molecule has 116 valence electrons. The van der Waals surface area contributed by atoms with E-state index in [0.29, 0.717) is 6.54 Å². The molecule has 0 aromatic carbocycles. The van der Waals surface area contributed by atoms with Gasteiger partial charge in [0.2, 0.25) is 0 Å². The maximum atomic E-state index is 12.1. The molecular weight excluding hydrogens is 260 g/mol. The summed E-state index contributed by atoms with van der Waals surface area (Å²) in [5.41, 5.74) is 2.03. The van der Waals surface area contributed by atoms with Crippen molar-refractivity contribution in [3.05, 3.63) is 0 Å². The van der Waals surface area contributed by atoms with Crippen LogP contribution in [0.15, 0.2) is 0 Å². The molecule has 0 bridgehead atoms. The summed E-state index contributed by atoms with van der Waals surface area (Å²) in [6, 6.07) is 0.229. The predicted molar refractivity (Wildman–Crippen MR) is 75.1 cm³/mol. The number of hydroxylamine groups is 1. The normalized spacial score (nSPS) is 15.5. The van der Waals surface area contributed by atoms with Gasteiger partial charge in [0.25, 0.3) is 0 Å². The lowest BCUT2D eigenvalue weighted by molar-refractivity contribution is 0.0304. The van der Waals surface area contributed by atoms with E-state index in [9.17, 15) is 9.59 Å². The van der Waals surface area contributed by atoms with E-state index < -0.39 is 12.2 Å². The van der Waals surface area contributed by atoms with E-state index in [1.165, 1.54) is 6.42 Å². The quantitative estimate of drug-likeness (QED) is 0.788. The van der Waals surface area contributed by atoms with Crippen molar-refractivity contribution >= 4 is 12.2 Å². The van der Waals surface area contributed by atoms with Gasteiger partial charge < -0.3 is 14.5 Å². The Labute approximate surface area is 120 Å². The largest absolute Gasteiger partial charge is 0.448 e. The number of rotatable bonds is 5. The maximum Gasteiger partial charge on any atom is 0.440 e. The number of amides is 2. The molecule has 1 aliphatic carbocycles. The lowest BCUT2D eigenvalue weighted by Crippen LogP contribution is -2.45. The summed E-state index contributed by atoms with van der Waals surface area (Å²) in [6.45, 7) is 4.69. The van der Waals surface area contributed by atoms with Crippen LogP contribution in [-0.2, 0) is 9.57 Å². The Bertz CT molecular complexity index is 304. The topological polar surface area (TPSA) is 67.9 Å². The van der Waals surface area contributed by atoms with Crippen LogP contribution in [0.3, 0.4) is 0 Å². The van der Waals surface area contributed by atoms with Crippen molar-refractivity contribution in [1.82, 2.24) is 10.4 Å². The fourth-order valence-corrected chi connectivity index (χ4v) is 2.45. The van der Waals surface area contributed by atoms with Crippen LogP contribution in [0, 0.1) is 0 Å². The third-order valence-electron chi connectivity index (χ3n) is 3.50. The fourth-order valence-electron chi connectivity index (χ4n) is 2.45. The Morgan fingerprint density at radius 2 is 1.90 bits per heavy atom. The number of ether oxygens (including phenoxy) is 1. The summed E-state index contributed by atoms with van der Waals surface area (Å²) in [7, 11) is 0. The zero-order valence-corrected chi connectivity index (χ0v) is 12.5. The van der Waals surface area contributed by atoms with Crippen LogP contribution in [0.5, 0.6) is 0 Å². The summed E-state index contributed by atoms with van der Waals surface area (Å²) in [6.07, 6.45) is 6.27. The highest BCUT2D eigenvalue weighted by molar-refractivity contribution is 5.72. The highest BCUT2D eigenvalue weighted by Gasteiger charge is 2.26. The molecule has 0 heterocycles. The number of unbranched alkanes of at least 4 members (excludes halogenated alkanes) is 1. The average molecular weight is 286 g/mol. The summed E-state index contributed by atoms with van der Waals surface area (Å²) in [4.78, 5) is 29.8. The summed E-state index contributed by atoms with van der Waals surface area (Å²) < 4.78 is 4.65. The molecule has 1 rings (SSSR count). The highest BCUT2D eigenvalue weighted by atomic mass is 16.7. The van der Waals surface area contributed by atoms with E-state index in [2.05, 4.69) is 11.7 Å². The zero-order valence-electron chi connectivity index (χ0n) is 12.5. The average Bonchev–Trinajstić information content (AvgIpc) is 2.47. The number of nitrogens with one attached hydrogen (secondary N) is 1. The van der Waals surface area contributed by atoms with Crippen LogP contribution in [-0.4, -0.2) is 36.3 Å². The first-order valence-corrected chi connectivity index (χ1v) is 7.59. The van der Waals surface area contributed by atoms with Crippen LogP contribution >= 0.6 is 0 Å². The van der Waals surface area contributed by atoms with Gasteiger partial charge in [-0.2, -0.15) is 0 Å². The SMILES string of the molecule is CCCCN(C(=O)ONC(=O)OCC)C1CCCCC1. The van der Waals surface area contributed by atoms with E-state index in [1.54, 1.807) is 11.8 Å². The van der Waals surface area contributed by atoms with Gasteiger partial charge in [-0.3, -0.25) is 0 Å². The van der Waals surface area contributed by atoms with Gasteiger partial charge in [-0.1, -0.05) is 32.6 Å². The van der Waals surface area contributed by atoms with Gasteiger partial charge in [0, 0.05) is 12.6 Å². The van der Waals surface area contributed by atoms with Crippen LogP contribution in [0.1, 0.15) is 58.8 Å². The molecule has 0 atom stereocenters. The van der Waals surface area contributed by atoms with Crippen molar-refractivity contribution in [3.8, 4) is 0 Å². The Kier molecular flexibility index (Phi) is 7.84. The standard InChI is InChI=1S/C14H26N2O4/c1-3-5-11-16(12-9-7-6-8-10-12)14(18)20-15-13(17)19-4-2/h12H,3-11H2,1-2H3,(H,15,17). The minimum atomic E-state index is -0.736. The van der Waals surface area contributed by atoms with E-state index in [-0.39, 0.29) is 12.6 Å². The molecule has 6 nitrogen and oxygen atoms in total. The first kappa shape index (κ1) is 16.6. The summed E-state index contributed by atoms with van der Waals surface area (Å²) >= 11 is 0. The number of hydrogen-bond acceptors (Lipinski definition) is 4. The molecule has 1 saturated carbocycles. The van der Waals surface area contributed by atoms with Gasteiger partial charge in [-0.05, 0) is 26.2 Å². The molecule has 20 heavy (non-hydrogen) atoms. The van der Waals surface area contributed by atoms with Gasteiger partial charge >= 0.3 is 12.2 Å². The second kappa shape index (κ2) is 9.44. The first-order chi connectivity index (χ1) is 9.69. The Hall–Kier alpha value is -1.46. The lowest BCUT2D eigenvalue weighted by Gasteiger charge is -2.33. The molecule has 0 aromatic heterocycles. The molecule has 0 unspecified atom stereocenters. The molecule has 0 aliphatic heterocycles. The predicted octanol–water partition coefficient (Wildman–Crippen LogP) is 3.22. The molecule has 0 aromatic rings. The second-order valence-corrected chi connectivity index (χ2v) is 5.03. The summed E-state index contributed by atoms with van der Waals surface area (Å²) in [5.74, 6) is 0. The monoisotopic (exact) mass is 286 g/mol. The Morgan fingerprint density at radius 3 is 2.50 bits per heavy atom. The highest BCUT2D eigenvalue weighted by Crippen LogP contribution is 2.23. The van der Waals surface area contributed by atoms with Crippen molar-refractivity contribution in [3.63, 3.8) is 0 Å². The Morgan fingerprint density at radius 1 is 1.20 bits per heavy atom. The fraction of sp³-hybridized carbons (Fsp3) is 0.857. The molecule has 1 aliphatic rings. The van der Waals surface area contributed by atoms with Gasteiger partial charge in [-0.15, -0.1) is 5.48 Å². The van der Waals surface area contributed by atoms with Crippen LogP contribution in [0.2, 0.25) is 0 Å². The van der Waals surface area contributed by atoms with Gasteiger partial charge in [0.15, 0.2) is 0 Å². The molecule has 0 radical (unpaired) electrons. The van der Waals surface area contributed by atoms with E-state index in [4.69, 9.17) is 4.84 Å². The van der Waals surface area contributed by atoms with Crippen molar-refractivity contribution in [2.24, 2.45) is 0 Å². The number of nitrogens with zero attached hydrogens (tertiary/aromatic N) is 1. The minimum Gasteiger partial charge on any atom is -0.448 e.